The molecule has 1 aromatic heterocycles. The van der Waals surface area contributed by atoms with Crippen LogP contribution in [0.4, 0.5) is 0 Å². The highest BCUT2D eigenvalue weighted by molar-refractivity contribution is 7.89. The summed E-state index contributed by atoms with van der Waals surface area (Å²) in [6, 6.07) is 0. The first kappa shape index (κ1) is 13.8. The van der Waals surface area contributed by atoms with Crippen molar-refractivity contribution in [3.05, 3.63) is 12.5 Å². The molecule has 1 aromatic rings. The molecule has 0 atom stereocenters. The Hall–Kier alpha value is -0.300. The van der Waals surface area contributed by atoms with E-state index in [-0.39, 0.29) is 16.8 Å². The third-order valence-electron chi connectivity index (χ3n) is 2.30. The third-order valence-corrected chi connectivity index (χ3v) is 4.83. The van der Waals surface area contributed by atoms with Crippen LogP contribution >= 0.6 is 23.2 Å². The summed E-state index contributed by atoms with van der Waals surface area (Å²) >= 11 is 11.5. The lowest BCUT2D eigenvalue weighted by molar-refractivity contribution is 0.448. The Morgan fingerprint density at radius 1 is 1.50 bits per heavy atom. The number of sulfonamides is 1. The standard InChI is InChI=1S/C8H13Cl2N3O2S/c1-2-8(4-9,5-10)13-16(14,15)7-3-11-6-12-7/h3,6,13H,2,4-5H2,1H3,(H,11,12). The summed E-state index contributed by atoms with van der Waals surface area (Å²) in [5.74, 6) is 0.223. The zero-order valence-electron chi connectivity index (χ0n) is 8.70. The van der Waals surface area contributed by atoms with Gasteiger partial charge in [-0.2, -0.15) is 0 Å². The lowest BCUT2D eigenvalue weighted by Crippen LogP contribution is -2.51. The molecule has 16 heavy (non-hydrogen) atoms. The van der Waals surface area contributed by atoms with E-state index in [0.717, 1.165) is 0 Å². The number of nitrogens with zero attached hydrogens (tertiary/aromatic N) is 1. The minimum absolute atomic E-state index is 0.000517. The van der Waals surface area contributed by atoms with Crippen molar-refractivity contribution in [1.82, 2.24) is 14.7 Å². The number of rotatable bonds is 6. The summed E-state index contributed by atoms with van der Waals surface area (Å²) in [5.41, 5.74) is -0.826. The van der Waals surface area contributed by atoms with Crippen molar-refractivity contribution in [1.29, 1.82) is 0 Å². The Morgan fingerprint density at radius 2 is 2.12 bits per heavy atom. The van der Waals surface area contributed by atoms with E-state index in [1.807, 2.05) is 6.92 Å². The Balaban J connectivity index is 2.96. The first-order chi connectivity index (χ1) is 7.49. The van der Waals surface area contributed by atoms with Crippen molar-refractivity contribution >= 4 is 33.2 Å². The molecule has 8 heteroatoms. The highest BCUT2D eigenvalue weighted by atomic mass is 35.5. The Morgan fingerprint density at radius 3 is 2.50 bits per heavy atom. The molecule has 1 rings (SSSR count). The quantitative estimate of drug-likeness (QED) is 0.774. The minimum atomic E-state index is -3.65. The number of imidazole rings is 1. The van der Waals surface area contributed by atoms with Gasteiger partial charge in [0.05, 0.1) is 18.1 Å². The van der Waals surface area contributed by atoms with E-state index in [9.17, 15) is 8.42 Å². The summed E-state index contributed by atoms with van der Waals surface area (Å²) in [7, 11) is -3.65. The van der Waals surface area contributed by atoms with Gasteiger partial charge in [-0.15, -0.1) is 23.2 Å². The summed E-state index contributed by atoms with van der Waals surface area (Å²) in [5, 5.41) is 0.000517. The molecule has 0 unspecified atom stereocenters. The van der Waals surface area contributed by atoms with Crippen LogP contribution in [0.5, 0.6) is 0 Å². The molecule has 92 valence electrons. The van der Waals surface area contributed by atoms with E-state index >= 15 is 0 Å². The van der Waals surface area contributed by atoms with E-state index in [4.69, 9.17) is 23.2 Å². The molecule has 0 saturated heterocycles. The van der Waals surface area contributed by atoms with Gasteiger partial charge in [-0.05, 0) is 6.42 Å². The Bertz CT molecular complexity index is 406. The monoisotopic (exact) mass is 285 g/mol. The highest BCUT2D eigenvalue weighted by Crippen LogP contribution is 2.18. The van der Waals surface area contributed by atoms with Crippen LogP contribution in [0.1, 0.15) is 13.3 Å². The van der Waals surface area contributed by atoms with E-state index < -0.39 is 15.6 Å². The second-order valence-corrected chi connectivity index (χ2v) is 5.61. The summed E-state index contributed by atoms with van der Waals surface area (Å²) in [4.78, 5) is 6.18. The van der Waals surface area contributed by atoms with Crippen LogP contribution in [0.25, 0.3) is 0 Å². The number of hydrogen-bond acceptors (Lipinski definition) is 3. The summed E-state index contributed by atoms with van der Waals surface area (Å²) in [6.45, 7) is 1.82. The summed E-state index contributed by atoms with van der Waals surface area (Å²) in [6.07, 6.45) is 3.03. The maximum atomic E-state index is 11.9. The fraction of sp³-hybridized carbons (Fsp3) is 0.625. The second-order valence-electron chi connectivity index (χ2n) is 3.42. The highest BCUT2D eigenvalue weighted by Gasteiger charge is 2.32. The zero-order valence-corrected chi connectivity index (χ0v) is 11.0. The van der Waals surface area contributed by atoms with Crippen molar-refractivity contribution in [3.63, 3.8) is 0 Å². The number of nitrogens with one attached hydrogen (secondary N) is 2. The number of aromatic amines is 1. The second kappa shape index (κ2) is 5.35. The van der Waals surface area contributed by atoms with Crippen LogP contribution in [-0.2, 0) is 10.0 Å². The van der Waals surface area contributed by atoms with Crippen molar-refractivity contribution in [2.45, 2.75) is 23.9 Å². The van der Waals surface area contributed by atoms with E-state index in [0.29, 0.717) is 6.42 Å². The molecule has 0 aliphatic heterocycles. The largest absolute Gasteiger partial charge is 0.335 e. The van der Waals surface area contributed by atoms with Crippen LogP contribution in [-0.4, -0.2) is 35.7 Å². The normalized spacial score (nSPS) is 12.9. The van der Waals surface area contributed by atoms with Crippen molar-refractivity contribution in [2.24, 2.45) is 0 Å². The fourth-order valence-electron chi connectivity index (χ4n) is 1.08. The third kappa shape index (κ3) is 2.88. The van der Waals surface area contributed by atoms with Gasteiger partial charge in [0.1, 0.15) is 0 Å². The maximum Gasteiger partial charge on any atom is 0.258 e. The molecule has 5 nitrogen and oxygen atoms in total. The van der Waals surface area contributed by atoms with Gasteiger partial charge in [0.25, 0.3) is 10.0 Å². The average molecular weight is 286 g/mol. The van der Waals surface area contributed by atoms with Gasteiger partial charge in [-0.1, -0.05) is 6.92 Å². The Kier molecular flexibility index (Phi) is 4.61. The number of hydrogen-bond donors (Lipinski definition) is 2. The van der Waals surface area contributed by atoms with Crippen molar-refractivity contribution in [2.75, 3.05) is 11.8 Å². The van der Waals surface area contributed by atoms with Gasteiger partial charge < -0.3 is 4.98 Å². The first-order valence-electron chi connectivity index (χ1n) is 4.64. The molecule has 0 aliphatic carbocycles. The van der Waals surface area contributed by atoms with Gasteiger partial charge >= 0.3 is 0 Å². The molecule has 0 radical (unpaired) electrons. The zero-order chi connectivity index (χ0) is 12.2. The molecule has 0 aliphatic rings. The van der Waals surface area contributed by atoms with Crippen LogP contribution < -0.4 is 4.72 Å². The number of halogens is 2. The van der Waals surface area contributed by atoms with Gasteiger partial charge in [-0.3, -0.25) is 0 Å². The van der Waals surface area contributed by atoms with Gasteiger partial charge in [0.2, 0.25) is 0 Å². The predicted octanol–water partition coefficient (Wildman–Crippen LogP) is 1.31. The molecular weight excluding hydrogens is 273 g/mol. The molecular formula is C8H13Cl2N3O2S. The summed E-state index contributed by atoms with van der Waals surface area (Å²) < 4.78 is 26.3. The van der Waals surface area contributed by atoms with Gasteiger partial charge in [0, 0.05) is 11.8 Å². The number of aromatic nitrogens is 2. The molecule has 1 heterocycles. The lowest BCUT2D eigenvalue weighted by atomic mass is 10.0. The van der Waals surface area contributed by atoms with Gasteiger partial charge in [0.15, 0.2) is 5.03 Å². The Labute approximate surface area is 105 Å². The molecule has 2 N–H and O–H groups in total. The number of H-pyrrole nitrogens is 1. The van der Waals surface area contributed by atoms with E-state index in [2.05, 4.69) is 14.7 Å². The van der Waals surface area contributed by atoms with Crippen LogP contribution in [0.3, 0.4) is 0 Å². The molecule has 0 bridgehead atoms. The predicted molar refractivity (Wildman–Crippen MR) is 63.4 cm³/mol. The SMILES string of the molecule is CCC(CCl)(CCl)NS(=O)(=O)c1cnc[nH]1. The first-order valence-corrected chi connectivity index (χ1v) is 7.19. The van der Waals surface area contributed by atoms with Gasteiger partial charge in [-0.25, -0.2) is 18.1 Å². The molecule has 0 aromatic carbocycles. The minimum Gasteiger partial charge on any atom is -0.335 e. The molecule has 0 amide bonds. The van der Waals surface area contributed by atoms with Crippen molar-refractivity contribution < 1.29 is 8.42 Å². The maximum absolute atomic E-state index is 11.9. The molecule has 0 fully saturated rings. The molecule has 0 saturated carbocycles. The van der Waals surface area contributed by atoms with Crippen LogP contribution in [0.2, 0.25) is 0 Å². The van der Waals surface area contributed by atoms with Crippen LogP contribution in [0, 0.1) is 0 Å². The smallest absolute Gasteiger partial charge is 0.258 e. The van der Waals surface area contributed by atoms with Crippen molar-refractivity contribution in [3.8, 4) is 0 Å². The van der Waals surface area contributed by atoms with Crippen LogP contribution in [0.15, 0.2) is 17.6 Å². The lowest BCUT2D eigenvalue weighted by Gasteiger charge is -2.28. The van der Waals surface area contributed by atoms with E-state index in [1.54, 1.807) is 0 Å². The van der Waals surface area contributed by atoms with E-state index in [1.165, 1.54) is 12.5 Å². The fourth-order valence-corrected chi connectivity index (χ4v) is 3.41. The molecule has 0 spiro atoms. The topological polar surface area (TPSA) is 74.8 Å². The average Bonchev–Trinajstić information content (AvgIpc) is 2.80. The number of alkyl halides is 2.